The topological polar surface area (TPSA) is 39.6 Å². The van der Waals surface area contributed by atoms with Gasteiger partial charge in [-0.2, -0.15) is 0 Å². The van der Waals surface area contributed by atoms with Crippen LogP contribution in [-0.2, 0) is 6.54 Å². The Morgan fingerprint density at radius 2 is 2.10 bits per heavy atom. The summed E-state index contributed by atoms with van der Waals surface area (Å²) < 4.78 is 0. The van der Waals surface area contributed by atoms with Crippen LogP contribution < -0.4 is 0 Å². The Labute approximate surface area is 125 Å². The van der Waals surface area contributed by atoms with E-state index in [-0.39, 0.29) is 0 Å². The number of aromatic nitrogens is 1. The molecule has 2 aliphatic rings. The van der Waals surface area contributed by atoms with Crippen LogP contribution in [0.4, 0.5) is 0 Å². The van der Waals surface area contributed by atoms with E-state index in [1.807, 2.05) is 6.20 Å². The second kappa shape index (κ2) is 6.98. The summed E-state index contributed by atoms with van der Waals surface area (Å²) in [6.07, 6.45) is 6.87. The number of thiazole rings is 1. The van der Waals surface area contributed by atoms with E-state index >= 15 is 0 Å². The molecular formula is C15H25N3OS. The zero-order chi connectivity index (χ0) is 13.8. The number of rotatable bonds is 4. The molecule has 2 saturated heterocycles. The maximum absolute atomic E-state index is 9.24. The summed E-state index contributed by atoms with van der Waals surface area (Å²) in [6, 6.07) is 0.711. The third-order valence-electron chi connectivity index (χ3n) is 4.75. The lowest BCUT2D eigenvalue weighted by Crippen LogP contribution is -2.50. The Kier molecular flexibility index (Phi) is 5.04. The molecule has 112 valence electrons. The quantitative estimate of drug-likeness (QED) is 0.919. The van der Waals surface area contributed by atoms with E-state index in [4.69, 9.17) is 0 Å². The van der Waals surface area contributed by atoms with Gasteiger partial charge in [0.05, 0.1) is 6.54 Å². The van der Waals surface area contributed by atoms with Crippen molar-refractivity contribution in [2.24, 2.45) is 5.92 Å². The summed E-state index contributed by atoms with van der Waals surface area (Å²) in [5.74, 6) is 0.543. The van der Waals surface area contributed by atoms with E-state index in [9.17, 15) is 5.11 Å². The average Bonchev–Trinajstić information content (AvgIpc) is 3.01. The first-order valence-electron chi connectivity index (χ1n) is 7.81. The number of aliphatic hydroxyl groups excluding tert-OH is 1. The summed E-state index contributed by atoms with van der Waals surface area (Å²) in [6.45, 7) is 6.12. The zero-order valence-corrected chi connectivity index (χ0v) is 12.9. The third-order valence-corrected chi connectivity index (χ3v) is 5.51. The molecule has 4 nitrogen and oxygen atoms in total. The standard InChI is InChI=1S/C15H25N3OS/c19-12-13-3-7-18(8-4-13)14-2-1-6-17(10-14)11-15-16-5-9-20-15/h5,9,13-14,19H,1-4,6-8,10-12H2. The SMILES string of the molecule is OCC1CCN(C2CCCN(Cc3nccs3)C2)CC1. The van der Waals surface area contributed by atoms with Crippen molar-refractivity contribution in [2.45, 2.75) is 38.3 Å². The van der Waals surface area contributed by atoms with Crippen molar-refractivity contribution in [3.63, 3.8) is 0 Å². The Bertz CT molecular complexity index is 390. The van der Waals surface area contributed by atoms with Crippen LogP contribution in [0.2, 0.25) is 0 Å². The smallest absolute Gasteiger partial charge is 0.107 e. The van der Waals surface area contributed by atoms with Crippen LogP contribution in [0.15, 0.2) is 11.6 Å². The number of piperidine rings is 2. The van der Waals surface area contributed by atoms with Crippen molar-refractivity contribution in [2.75, 3.05) is 32.8 Å². The summed E-state index contributed by atoms with van der Waals surface area (Å²) in [7, 11) is 0. The highest BCUT2D eigenvalue weighted by Gasteiger charge is 2.28. The Hall–Kier alpha value is -0.490. The van der Waals surface area contributed by atoms with Gasteiger partial charge in [-0.15, -0.1) is 11.3 Å². The molecule has 0 aromatic carbocycles. The molecule has 1 N–H and O–H groups in total. The highest BCUT2D eigenvalue weighted by atomic mass is 32.1. The summed E-state index contributed by atoms with van der Waals surface area (Å²) in [5.41, 5.74) is 0. The monoisotopic (exact) mass is 295 g/mol. The van der Waals surface area contributed by atoms with Gasteiger partial charge in [0.2, 0.25) is 0 Å². The maximum atomic E-state index is 9.24. The molecule has 5 heteroatoms. The molecule has 3 heterocycles. The molecule has 0 bridgehead atoms. The summed E-state index contributed by atoms with van der Waals surface area (Å²) in [4.78, 5) is 9.62. The summed E-state index contributed by atoms with van der Waals surface area (Å²) in [5, 5.41) is 12.5. The van der Waals surface area contributed by atoms with Crippen LogP contribution in [0.5, 0.6) is 0 Å². The van der Waals surface area contributed by atoms with Gasteiger partial charge in [0.1, 0.15) is 5.01 Å². The number of likely N-dealkylation sites (tertiary alicyclic amines) is 2. The molecule has 1 aromatic heterocycles. The lowest BCUT2D eigenvalue weighted by atomic mass is 9.94. The molecule has 1 aromatic rings. The molecule has 20 heavy (non-hydrogen) atoms. The second-order valence-corrected chi connectivity index (χ2v) is 7.10. The van der Waals surface area contributed by atoms with Gasteiger partial charge in [0, 0.05) is 30.8 Å². The third kappa shape index (κ3) is 3.58. The fourth-order valence-corrected chi connectivity index (χ4v) is 4.15. The Morgan fingerprint density at radius 1 is 1.25 bits per heavy atom. The van der Waals surface area contributed by atoms with Crippen LogP contribution in [0.1, 0.15) is 30.7 Å². The van der Waals surface area contributed by atoms with E-state index in [2.05, 4.69) is 20.2 Å². The number of hydrogen-bond donors (Lipinski definition) is 1. The highest BCUT2D eigenvalue weighted by molar-refractivity contribution is 7.09. The van der Waals surface area contributed by atoms with Crippen LogP contribution in [0, 0.1) is 5.92 Å². The van der Waals surface area contributed by atoms with Crippen molar-refractivity contribution >= 4 is 11.3 Å². The average molecular weight is 295 g/mol. The zero-order valence-electron chi connectivity index (χ0n) is 12.1. The maximum Gasteiger partial charge on any atom is 0.107 e. The van der Waals surface area contributed by atoms with E-state index in [0.29, 0.717) is 18.6 Å². The van der Waals surface area contributed by atoms with E-state index in [1.54, 1.807) is 11.3 Å². The van der Waals surface area contributed by atoms with Crippen molar-refractivity contribution in [3.05, 3.63) is 16.6 Å². The lowest BCUT2D eigenvalue weighted by Gasteiger charge is -2.42. The molecule has 1 unspecified atom stereocenters. The van der Waals surface area contributed by atoms with Gasteiger partial charge in [-0.25, -0.2) is 4.98 Å². The molecule has 0 radical (unpaired) electrons. The Balaban J connectivity index is 1.50. The van der Waals surface area contributed by atoms with Gasteiger partial charge in [-0.05, 0) is 51.2 Å². The highest BCUT2D eigenvalue weighted by Crippen LogP contribution is 2.24. The van der Waals surface area contributed by atoms with Gasteiger partial charge >= 0.3 is 0 Å². The van der Waals surface area contributed by atoms with Crippen LogP contribution in [0.3, 0.4) is 0 Å². The Morgan fingerprint density at radius 3 is 2.80 bits per heavy atom. The minimum atomic E-state index is 0.370. The predicted molar refractivity (Wildman–Crippen MR) is 81.8 cm³/mol. The van der Waals surface area contributed by atoms with E-state index in [0.717, 1.165) is 6.54 Å². The molecular weight excluding hydrogens is 270 g/mol. The van der Waals surface area contributed by atoms with Crippen LogP contribution >= 0.6 is 11.3 Å². The molecule has 2 fully saturated rings. The molecule has 1 atom stereocenters. The van der Waals surface area contributed by atoms with Crippen LogP contribution in [0.25, 0.3) is 0 Å². The molecule has 3 rings (SSSR count). The largest absolute Gasteiger partial charge is 0.396 e. The molecule has 0 amide bonds. The first-order valence-corrected chi connectivity index (χ1v) is 8.68. The predicted octanol–water partition coefficient (Wildman–Crippen LogP) is 1.81. The van der Waals surface area contributed by atoms with Gasteiger partial charge in [-0.3, -0.25) is 9.80 Å². The van der Waals surface area contributed by atoms with Crippen molar-refractivity contribution in [1.29, 1.82) is 0 Å². The molecule has 0 spiro atoms. The number of aliphatic hydroxyl groups is 1. The van der Waals surface area contributed by atoms with Gasteiger partial charge in [0.15, 0.2) is 0 Å². The normalized spacial score (nSPS) is 26.9. The fraction of sp³-hybridized carbons (Fsp3) is 0.800. The van der Waals surface area contributed by atoms with Gasteiger partial charge in [-0.1, -0.05) is 0 Å². The van der Waals surface area contributed by atoms with Crippen LogP contribution in [-0.4, -0.2) is 58.7 Å². The molecule has 0 aliphatic carbocycles. The van der Waals surface area contributed by atoms with Gasteiger partial charge in [0.25, 0.3) is 0 Å². The van der Waals surface area contributed by atoms with E-state index in [1.165, 1.54) is 56.9 Å². The fourth-order valence-electron chi connectivity index (χ4n) is 3.50. The molecule has 2 aliphatic heterocycles. The minimum Gasteiger partial charge on any atom is -0.396 e. The number of hydrogen-bond acceptors (Lipinski definition) is 5. The summed E-state index contributed by atoms with van der Waals surface area (Å²) >= 11 is 1.76. The van der Waals surface area contributed by atoms with Crippen molar-refractivity contribution < 1.29 is 5.11 Å². The minimum absolute atomic E-state index is 0.370. The van der Waals surface area contributed by atoms with Crippen molar-refractivity contribution in [3.8, 4) is 0 Å². The van der Waals surface area contributed by atoms with Gasteiger partial charge < -0.3 is 5.11 Å². The van der Waals surface area contributed by atoms with E-state index < -0.39 is 0 Å². The first-order chi connectivity index (χ1) is 9.85. The second-order valence-electron chi connectivity index (χ2n) is 6.12. The molecule has 0 saturated carbocycles. The lowest BCUT2D eigenvalue weighted by molar-refractivity contribution is 0.0544. The first kappa shape index (κ1) is 14.4. The van der Waals surface area contributed by atoms with Crippen molar-refractivity contribution in [1.82, 2.24) is 14.8 Å². The number of nitrogens with zero attached hydrogens (tertiary/aromatic N) is 3.